The van der Waals surface area contributed by atoms with Crippen LogP contribution in [0.1, 0.15) is 33.6 Å². The molecule has 0 bridgehead atoms. The number of hydrogen-bond acceptors (Lipinski definition) is 3. The highest BCUT2D eigenvalue weighted by Gasteiger charge is 2.28. The van der Waals surface area contributed by atoms with E-state index in [9.17, 15) is 9.59 Å². The molecule has 0 spiro atoms. The van der Waals surface area contributed by atoms with Gasteiger partial charge in [-0.3, -0.25) is 0 Å². The molecule has 19 heavy (non-hydrogen) atoms. The van der Waals surface area contributed by atoms with Gasteiger partial charge in [0.25, 0.3) is 0 Å². The van der Waals surface area contributed by atoms with Gasteiger partial charge in [0, 0.05) is 19.1 Å². The number of nitrogens with one attached hydrogen (secondary N) is 2. The first-order valence-corrected chi connectivity index (χ1v) is 6.84. The molecule has 0 saturated carbocycles. The lowest BCUT2D eigenvalue weighted by molar-refractivity contribution is -0.140. The molecule has 3 N–H and O–H groups in total. The molecule has 0 aromatic heterocycles. The standard InChI is InChI=1S/C13H24N2O4/c1-4-10-9(5-6-19-10)7-14-13(18)15-11(8(2)3)12(16)17/h8-11H,4-7H2,1-3H3,(H,16,17)(H2,14,15,18). The predicted molar refractivity (Wildman–Crippen MR) is 70.9 cm³/mol. The van der Waals surface area contributed by atoms with E-state index < -0.39 is 18.0 Å². The second-order valence-electron chi connectivity index (χ2n) is 5.28. The van der Waals surface area contributed by atoms with Crippen LogP contribution in [0.25, 0.3) is 0 Å². The van der Waals surface area contributed by atoms with Crippen molar-refractivity contribution in [3.63, 3.8) is 0 Å². The number of carboxylic acid groups (broad SMARTS) is 1. The van der Waals surface area contributed by atoms with E-state index in [1.54, 1.807) is 13.8 Å². The molecule has 1 saturated heterocycles. The molecule has 1 aliphatic heterocycles. The lowest BCUT2D eigenvalue weighted by Crippen LogP contribution is -2.49. The van der Waals surface area contributed by atoms with Gasteiger partial charge in [0.15, 0.2) is 0 Å². The molecule has 0 aromatic rings. The first-order valence-electron chi connectivity index (χ1n) is 6.84. The molecule has 3 unspecified atom stereocenters. The quantitative estimate of drug-likeness (QED) is 0.678. The first kappa shape index (κ1) is 15.8. The molecule has 6 nitrogen and oxygen atoms in total. The zero-order valence-electron chi connectivity index (χ0n) is 11.8. The van der Waals surface area contributed by atoms with Gasteiger partial charge in [0.05, 0.1) is 6.10 Å². The van der Waals surface area contributed by atoms with E-state index >= 15 is 0 Å². The monoisotopic (exact) mass is 272 g/mol. The molecule has 6 heteroatoms. The van der Waals surface area contributed by atoms with Crippen molar-refractivity contribution >= 4 is 12.0 Å². The largest absolute Gasteiger partial charge is 0.480 e. The van der Waals surface area contributed by atoms with Gasteiger partial charge in [-0.2, -0.15) is 0 Å². The number of carbonyl (C=O) groups is 2. The molecule has 1 heterocycles. The summed E-state index contributed by atoms with van der Waals surface area (Å²) in [7, 11) is 0. The van der Waals surface area contributed by atoms with Crippen molar-refractivity contribution in [1.82, 2.24) is 10.6 Å². The fraction of sp³-hybridized carbons (Fsp3) is 0.846. The topological polar surface area (TPSA) is 87.7 Å². The Morgan fingerprint density at radius 3 is 2.63 bits per heavy atom. The van der Waals surface area contributed by atoms with Crippen molar-refractivity contribution in [1.29, 1.82) is 0 Å². The zero-order chi connectivity index (χ0) is 14.4. The average molecular weight is 272 g/mol. The summed E-state index contributed by atoms with van der Waals surface area (Å²) in [5.74, 6) is -0.847. The summed E-state index contributed by atoms with van der Waals surface area (Å²) < 4.78 is 5.54. The number of carboxylic acids is 1. The maximum absolute atomic E-state index is 11.7. The molecule has 1 aliphatic rings. The number of urea groups is 1. The smallest absolute Gasteiger partial charge is 0.326 e. The van der Waals surface area contributed by atoms with Gasteiger partial charge in [-0.05, 0) is 18.8 Å². The Morgan fingerprint density at radius 1 is 1.42 bits per heavy atom. The van der Waals surface area contributed by atoms with Crippen molar-refractivity contribution in [2.24, 2.45) is 11.8 Å². The molecule has 110 valence electrons. The molecule has 1 rings (SSSR count). The summed E-state index contributed by atoms with van der Waals surface area (Å²) >= 11 is 0. The Kier molecular flexibility index (Phi) is 6.08. The third-order valence-corrected chi connectivity index (χ3v) is 3.49. The van der Waals surface area contributed by atoms with Crippen LogP contribution in [-0.4, -0.2) is 42.4 Å². The van der Waals surface area contributed by atoms with Gasteiger partial charge >= 0.3 is 12.0 Å². The third-order valence-electron chi connectivity index (χ3n) is 3.49. The number of rotatable bonds is 6. The molecule has 0 aliphatic carbocycles. The normalized spacial score (nSPS) is 24.2. The van der Waals surface area contributed by atoms with Gasteiger partial charge < -0.3 is 20.5 Å². The number of amides is 2. The summed E-state index contributed by atoms with van der Waals surface area (Å²) in [4.78, 5) is 22.7. The number of hydrogen-bond donors (Lipinski definition) is 3. The fourth-order valence-corrected chi connectivity index (χ4v) is 2.31. The summed E-state index contributed by atoms with van der Waals surface area (Å²) in [5.41, 5.74) is 0. The third kappa shape index (κ3) is 4.70. The second kappa shape index (κ2) is 7.33. The van der Waals surface area contributed by atoms with E-state index in [2.05, 4.69) is 17.6 Å². The Bertz CT molecular complexity index is 320. The second-order valence-corrected chi connectivity index (χ2v) is 5.28. The zero-order valence-corrected chi connectivity index (χ0v) is 11.8. The highest BCUT2D eigenvalue weighted by molar-refractivity contribution is 5.82. The van der Waals surface area contributed by atoms with Crippen molar-refractivity contribution in [2.75, 3.05) is 13.2 Å². The van der Waals surface area contributed by atoms with Gasteiger partial charge in [0.1, 0.15) is 6.04 Å². The molecule has 2 amide bonds. The number of ether oxygens (including phenoxy) is 1. The van der Waals surface area contributed by atoms with Gasteiger partial charge in [-0.15, -0.1) is 0 Å². The minimum absolute atomic E-state index is 0.151. The molecule has 1 fully saturated rings. The summed E-state index contributed by atoms with van der Waals surface area (Å²) in [6.07, 6.45) is 2.06. The van der Waals surface area contributed by atoms with Crippen molar-refractivity contribution < 1.29 is 19.4 Å². The minimum atomic E-state index is -1.01. The maximum atomic E-state index is 11.7. The van der Waals surface area contributed by atoms with Crippen LogP contribution in [0.4, 0.5) is 4.79 Å². The van der Waals surface area contributed by atoms with Crippen LogP contribution < -0.4 is 10.6 Å². The first-order chi connectivity index (χ1) is 8.95. The van der Waals surface area contributed by atoms with E-state index in [4.69, 9.17) is 9.84 Å². The predicted octanol–water partition coefficient (Wildman–Crippen LogP) is 1.21. The van der Waals surface area contributed by atoms with Crippen LogP contribution in [0.2, 0.25) is 0 Å². The molecular weight excluding hydrogens is 248 g/mol. The van der Waals surface area contributed by atoms with E-state index in [0.29, 0.717) is 12.5 Å². The van der Waals surface area contributed by atoms with Crippen LogP contribution in [-0.2, 0) is 9.53 Å². The van der Waals surface area contributed by atoms with Gasteiger partial charge in [-0.1, -0.05) is 20.8 Å². The summed E-state index contributed by atoms with van der Waals surface area (Å²) in [6.45, 7) is 6.83. The van der Waals surface area contributed by atoms with E-state index in [1.807, 2.05) is 0 Å². The van der Waals surface area contributed by atoms with Crippen LogP contribution in [0.5, 0.6) is 0 Å². The average Bonchev–Trinajstić information content (AvgIpc) is 2.79. The van der Waals surface area contributed by atoms with Crippen LogP contribution in [0.3, 0.4) is 0 Å². The Labute approximate surface area is 113 Å². The van der Waals surface area contributed by atoms with Crippen LogP contribution in [0, 0.1) is 11.8 Å². The summed E-state index contributed by atoms with van der Waals surface area (Å²) in [5, 5.41) is 14.2. The van der Waals surface area contributed by atoms with Gasteiger partial charge in [-0.25, -0.2) is 9.59 Å². The Balaban J connectivity index is 2.36. The van der Waals surface area contributed by atoms with Crippen molar-refractivity contribution in [2.45, 2.75) is 45.8 Å². The summed E-state index contributed by atoms with van der Waals surface area (Å²) in [6, 6.07) is -1.29. The van der Waals surface area contributed by atoms with E-state index in [1.165, 1.54) is 0 Å². The number of carbonyl (C=O) groups excluding carboxylic acids is 1. The highest BCUT2D eigenvalue weighted by atomic mass is 16.5. The highest BCUT2D eigenvalue weighted by Crippen LogP contribution is 2.22. The van der Waals surface area contributed by atoms with Crippen molar-refractivity contribution in [3.05, 3.63) is 0 Å². The fourth-order valence-electron chi connectivity index (χ4n) is 2.31. The number of aliphatic carboxylic acids is 1. The molecule has 3 atom stereocenters. The SMILES string of the molecule is CCC1OCCC1CNC(=O)NC(C(=O)O)C(C)C. The molecule has 0 radical (unpaired) electrons. The molecular formula is C13H24N2O4. The minimum Gasteiger partial charge on any atom is -0.480 e. The Hall–Kier alpha value is -1.30. The van der Waals surface area contributed by atoms with E-state index in [-0.39, 0.29) is 12.0 Å². The molecule has 0 aromatic carbocycles. The Morgan fingerprint density at radius 2 is 2.11 bits per heavy atom. The van der Waals surface area contributed by atoms with Gasteiger partial charge in [0.2, 0.25) is 0 Å². The lowest BCUT2D eigenvalue weighted by atomic mass is 10.00. The van der Waals surface area contributed by atoms with E-state index in [0.717, 1.165) is 19.4 Å². The van der Waals surface area contributed by atoms with Crippen LogP contribution >= 0.6 is 0 Å². The lowest BCUT2D eigenvalue weighted by Gasteiger charge is -2.20. The van der Waals surface area contributed by atoms with Crippen molar-refractivity contribution in [3.8, 4) is 0 Å². The maximum Gasteiger partial charge on any atom is 0.326 e. The van der Waals surface area contributed by atoms with Crippen LogP contribution in [0.15, 0.2) is 0 Å².